The van der Waals surface area contributed by atoms with Crippen LogP contribution >= 0.6 is 0 Å². The fourth-order valence-electron chi connectivity index (χ4n) is 2.64. The second-order valence-corrected chi connectivity index (χ2v) is 5.75. The predicted molar refractivity (Wildman–Crippen MR) is 78.5 cm³/mol. The van der Waals surface area contributed by atoms with Gasteiger partial charge in [-0.05, 0) is 25.2 Å². The molecule has 0 spiro atoms. The summed E-state index contributed by atoms with van der Waals surface area (Å²) < 4.78 is 40.7. The summed E-state index contributed by atoms with van der Waals surface area (Å²) >= 11 is 0. The highest BCUT2D eigenvalue weighted by Gasteiger charge is 2.63. The van der Waals surface area contributed by atoms with Crippen molar-refractivity contribution in [3.05, 3.63) is 21.9 Å². The van der Waals surface area contributed by atoms with Crippen molar-refractivity contribution < 1.29 is 28.0 Å². The van der Waals surface area contributed by atoms with Crippen LogP contribution in [0.5, 0.6) is 0 Å². The number of amides is 1. The third kappa shape index (κ3) is 3.08. The number of carbonyl (C=O) groups is 1. The molecule has 12 heteroatoms. The molecule has 0 saturated carbocycles. The van der Waals surface area contributed by atoms with Crippen molar-refractivity contribution in [3.8, 4) is 0 Å². The fourth-order valence-corrected chi connectivity index (χ4v) is 2.64. The van der Waals surface area contributed by atoms with Crippen molar-refractivity contribution in [2.75, 3.05) is 0 Å². The SMILES string of the molecule is CCC(C(=O)N1N=C(C)CC1(O)C(F)(F)F)n1nc([N+](=O)[O-])cc1C. The van der Waals surface area contributed by atoms with Crippen LogP contribution in [0.2, 0.25) is 0 Å². The molecule has 1 N–H and O–H groups in total. The molecule has 1 aliphatic rings. The summed E-state index contributed by atoms with van der Waals surface area (Å²) in [4.78, 5) is 22.7. The number of hydrazone groups is 1. The minimum Gasteiger partial charge on any atom is -0.362 e. The first kappa shape index (κ1) is 18.8. The standard InChI is InChI=1S/C13H16F3N5O4/c1-4-9(19-8(3)5-10(18-19)21(24)25)11(22)20-12(23,13(14,15)16)6-7(2)17-20/h5,9,23H,4,6H2,1-3H3. The Labute approximate surface area is 139 Å². The van der Waals surface area contributed by atoms with Crippen LogP contribution in [-0.4, -0.2) is 48.3 Å². The summed E-state index contributed by atoms with van der Waals surface area (Å²) in [7, 11) is 0. The molecule has 0 aliphatic carbocycles. The van der Waals surface area contributed by atoms with Crippen molar-refractivity contribution in [1.82, 2.24) is 14.8 Å². The molecule has 2 atom stereocenters. The molecule has 0 saturated heterocycles. The van der Waals surface area contributed by atoms with Crippen LogP contribution < -0.4 is 0 Å². The Kier molecular flexibility index (Phi) is 4.59. The fraction of sp³-hybridized carbons (Fsp3) is 0.615. The van der Waals surface area contributed by atoms with Gasteiger partial charge in [-0.3, -0.25) is 4.79 Å². The topological polar surface area (TPSA) is 114 Å². The molecule has 9 nitrogen and oxygen atoms in total. The van der Waals surface area contributed by atoms with E-state index in [1.54, 1.807) is 0 Å². The minimum atomic E-state index is -5.12. The summed E-state index contributed by atoms with van der Waals surface area (Å²) in [6.07, 6.45) is -5.98. The highest BCUT2D eigenvalue weighted by atomic mass is 19.4. The van der Waals surface area contributed by atoms with E-state index in [0.717, 1.165) is 10.7 Å². The minimum absolute atomic E-state index is 0.00247. The van der Waals surface area contributed by atoms with Gasteiger partial charge in [-0.25, -0.2) is 0 Å². The van der Waals surface area contributed by atoms with Crippen molar-refractivity contribution >= 4 is 17.4 Å². The third-order valence-corrected chi connectivity index (χ3v) is 3.85. The summed E-state index contributed by atoms with van der Waals surface area (Å²) in [6.45, 7) is 4.20. The molecule has 0 fully saturated rings. The third-order valence-electron chi connectivity index (χ3n) is 3.85. The maximum Gasteiger partial charge on any atom is 0.438 e. The van der Waals surface area contributed by atoms with Gasteiger partial charge in [-0.2, -0.15) is 28.0 Å². The molecule has 0 radical (unpaired) electrons. The number of alkyl halides is 3. The first-order valence-corrected chi connectivity index (χ1v) is 7.30. The van der Waals surface area contributed by atoms with Crippen molar-refractivity contribution in [1.29, 1.82) is 0 Å². The van der Waals surface area contributed by atoms with Crippen LogP contribution in [0, 0.1) is 17.0 Å². The van der Waals surface area contributed by atoms with Gasteiger partial charge in [-0.15, -0.1) is 0 Å². The number of aromatic nitrogens is 2. The molecule has 1 aliphatic heterocycles. The Morgan fingerprint density at radius 1 is 1.52 bits per heavy atom. The zero-order valence-corrected chi connectivity index (χ0v) is 13.6. The number of nitrogens with zero attached hydrogens (tertiary/aromatic N) is 5. The highest BCUT2D eigenvalue weighted by molar-refractivity contribution is 5.90. The van der Waals surface area contributed by atoms with E-state index in [-0.39, 0.29) is 22.8 Å². The van der Waals surface area contributed by atoms with Gasteiger partial charge < -0.3 is 15.2 Å². The van der Waals surface area contributed by atoms with E-state index >= 15 is 0 Å². The number of aryl methyl sites for hydroxylation is 1. The summed E-state index contributed by atoms with van der Waals surface area (Å²) in [6, 6.07) is -0.179. The highest BCUT2D eigenvalue weighted by Crippen LogP contribution is 2.41. The summed E-state index contributed by atoms with van der Waals surface area (Å²) in [5.41, 5.74) is -3.29. The summed E-state index contributed by atoms with van der Waals surface area (Å²) in [5.74, 6) is -1.68. The Morgan fingerprint density at radius 3 is 2.56 bits per heavy atom. The van der Waals surface area contributed by atoms with Crippen LogP contribution in [0.3, 0.4) is 0 Å². The first-order chi connectivity index (χ1) is 11.4. The lowest BCUT2D eigenvalue weighted by Gasteiger charge is -2.34. The molecule has 1 aromatic rings. The Morgan fingerprint density at radius 2 is 2.12 bits per heavy atom. The van der Waals surface area contributed by atoms with E-state index in [2.05, 4.69) is 10.2 Å². The van der Waals surface area contributed by atoms with Crippen LogP contribution in [0.25, 0.3) is 0 Å². The normalized spacial score (nSPS) is 22.0. The number of carbonyl (C=O) groups excluding carboxylic acids is 1. The molecular formula is C13H16F3N5O4. The lowest BCUT2D eigenvalue weighted by molar-refractivity contribution is -0.389. The average Bonchev–Trinajstić information content (AvgIpc) is 3.00. The number of hydrogen-bond acceptors (Lipinski definition) is 6. The maximum atomic E-state index is 13.3. The van der Waals surface area contributed by atoms with Gasteiger partial charge in [0.05, 0.1) is 16.9 Å². The molecule has 1 amide bonds. The molecule has 2 unspecified atom stereocenters. The first-order valence-electron chi connectivity index (χ1n) is 7.30. The van der Waals surface area contributed by atoms with Gasteiger partial charge in [0.1, 0.15) is 0 Å². The van der Waals surface area contributed by atoms with Gasteiger partial charge in [-0.1, -0.05) is 6.92 Å². The van der Waals surface area contributed by atoms with E-state index in [9.17, 15) is 33.2 Å². The van der Waals surface area contributed by atoms with Gasteiger partial charge in [0.25, 0.3) is 11.6 Å². The van der Waals surface area contributed by atoms with E-state index < -0.39 is 41.0 Å². The number of nitro groups is 1. The van der Waals surface area contributed by atoms with Crippen molar-refractivity contribution in [3.63, 3.8) is 0 Å². The Bertz CT molecular complexity index is 745. The Hall–Kier alpha value is -2.50. The predicted octanol–water partition coefficient (Wildman–Crippen LogP) is 1.91. The molecular weight excluding hydrogens is 347 g/mol. The van der Waals surface area contributed by atoms with Gasteiger partial charge in [0.15, 0.2) is 6.04 Å². The second kappa shape index (κ2) is 6.10. The van der Waals surface area contributed by atoms with Gasteiger partial charge in [0, 0.05) is 12.1 Å². The monoisotopic (exact) mass is 363 g/mol. The van der Waals surface area contributed by atoms with Gasteiger partial charge >= 0.3 is 12.0 Å². The van der Waals surface area contributed by atoms with E-state index in [4.69, 9.17) is 0 Å². The molecule has 1 aromatic heterocycles. The molecule has 2 heterocycles. The lowest BCUT2D eigenvalue weighted by atomic mass is 10.1. The zero-order valence-electron chi connectivity index (χ0n) is 13.6. The number of aliphatic hydroxyl groups is 1. The second-order valence-electron chi connectivity index (χ2n) is 5.75. The largest absolute Gasteiger partial charge is 0.438 e. The van der Waals surface area contributed by atoms with Gasteiger partial charge in [0.2, 0.25) is 0 Å². The molecule has 0 aromatic carbocycles. The van der Waals surface area contributed by atoms with Crippen molar-refractivity contribution in [2.24, 2.45) is 5.10 Å². The smallest absolute Gasteiger partial charge is 0.362 e. The lowest BCUT2D eigenvalue weighted by Crippen LogP contribution is -2.57. The maximum absolute atomic E-state index is 13.3. The number of rotatable bonds is 4. The van der Waals surface area contributed by atoms with E-state index in [0.29, 0.717) is 0 Å². The zero-order chi connectivity index (χ0) is 19.2. The molecule has 0 bridgehead atoms. The number of halogens is 3. The molecule has 138 valence electrons. The molecule has 2 rings (SSSR count). The van der Waals surface area contributed by atoms with E-state index in [1.165, 1.54) is 20.8 Å². The van der Waals surface area contributed by atoms with Crippen LogP contribution in [-0.2, 0) is 4.79 Å². The Balaban J connectivity index is 2.44. The summed E-state index contributed by atoms with van der Waals surface area (Å²) in [5, 5.41) is 28.0. The van der Waals surface area contributed by atoms with Crippen LogP contribution in [0.4, 0.5) is 19.0 Å². The number of hydrogen-bond donors (Lipinski definition) is 1. The average molecular weight is 363 g/mol. The van der Waals surface area contributed by atoms with E-state index in [1.807, 2.05) is 0 Å². The quantitative estimate of drug-likeness (QED) is 0.648. The van der Waals surface area contributed by atoms with Crippen LogP contribution in [0.1, 0.15) is 38.4 Å². The van der Waals surface area contributed by atoms with Crippen LogP contribution in [0.15, 0.2) is 11.2 Å². The molecule has 25 heavy (non-hydrogen) atoms. The van der Waals surface area contributed by atoms with Crippen molar-refractivity contribution in [2.45, 2.75) is 51.6 Å².